The molecule has 1 heterocycles. The first-order valence-corrected chi connectivity index (χ1v) is 7.64. The van der Waals surface area contributed by atoms with Crippen molar-refractivity contribution in [3.05, 3.63) is 29.8 Å². The summed E-state index contributed by atoms with van der Waals surface area (Å²) in [5.74, 6) is -0.240. The van der Waals surface area contributed by atoms with Crippen molar-refractivity contribution in [2.45, 2.75) is 31.2 Å². The molecule has 0 aliphatic rings. The number of rotatable bonds is 5. The lowest BCUT2D eigenvalue weighted by molar-refractivity contribution is -0.137. The number of benzene rings is 1. The number of hydrogen-bond acceptors (Lipinski definition) is 5. The lowest BCUT2D eigenvalue weighted by atomic mass is 10.2. The molecule has 0 bridgehead atoms. The second-order valence-electron chi connectivity index (χ2n) is 4.90. The van der Waals surface area contributed by atoms with E-state index in [1.807, 2.05) is 13.8 Å². The van der Waals surface area contributed by atoms with Crippen LogP contribution in [0.4, 0.5) is 13.2 Å². The third kappa shape index (κ3) is 4.44. The summed E-state index contributed by atoms with van der Waals surface area (Å²) >= 11 is 0.965. The van der Waals surface area contributed by atoms with Gasteiger partial charge in [-0.2, -0.15) is 17.9 Å². The van der Waals surface area contributed by atoms with Gasteiger partial charge in [-0.05, 0) is 36.4 Å². The van der Waals surface area contributed by atoms with Gasteiger partial charge in [-0.15, -0.1) is 5.10 Å². The quantitative estimate of drug-likeness (QED) is 0.842. The molecule has 0 aliphatic heterocycles. The van der Waals surface area contributed by atoms with E-state index in [9.17, 15) is 18.0 Å². The molecular formula is C13H14F3N5OS. The Labute approximate surface area is 134 Å². The first-order valence-electron chi connectivity index (χ1n) is 6.66. The molecule has 6 nitrogen and oxygen atoms in total. The van der Waals surface area contributed by atoms with E-state index in [0.29, 0.717) is 0 Å². The van der Waals surface area contributed by atoms with E-state index in [-0.39, 0.29) is 28.5 Å². The Morgan fingerprint density at radius 3 is 2.70 bits per heavy atom. The van der Waals surface area contributed by atoms with Crippen LogP contribution >= 0.6 is 11.8 Å². The standard InChI is InChI=1S/C13H14F3N5OS/c1-8(2)17-11(22)7-23-12-18-19-20-21(12)10-6-4-3-5-9(10)13(14,15)16/h3-6,8H,7H2,1-2H3,(H,17,22). The summed E-state index contributed by atoms with van der Waals surface area (Å²) in [5, 5.41) is 13.5. The molecule has 0 atom stereocenters. The molecule has 0 fully saturated rings. The van der Waals surface area contributed by atoms with Crippen LogP contribution in [-0.2, 0) is 11.0 Å². The van der Waals surface area contributed by atoms with E-state index in [4.69, 9.17) is 0 Å². The van der Waals surface area contributed by atoms with E-state index >= 15 is 0 Å². The highest BCUT2D eigenvalue weighted by Gasteiger charge is 2.34. The van der Waals surface area contributed by atoms with Crippen molar-refractivity contribution < 1.29 is 18.0 Å². The average molecular weight is 345 g/mol. The van der Waals surface area contributed by atoms with Crippen LogP contribution in [0.1, 0.15) is 19.4 Å². The smallest absolute Gasteiger partial charge is 0.353 e. The number of para-hydroxylation sites is 1. The minimum atomic E-state index is -4.53. The van der Waals surface area contributed by atoms with Crippen LogP contribution in [0, 0.1) is 0 Å². The Hall–Kier alpha value is -2.10. The molecule has 1 amide bonds. The molecule has 0 unspecified atom stereocenters. The largest absolute Gasteiger partial charge is 0.418 e. The molecule has 1 aromatic carbocycles. The van der Waals surface area contributed by atoms with E-state index in [1.54, 1.807) is 0 Å². The SMILES string of the molecule is CC(C)NC(=O)CSc1nnnn1-c1ccccc1C(F)(F)F. The second-order valence-corrected chi connectivity index (χ2v) is 5.84. The maximum absolute atomic E-state index is 13.1. The Balaban J connectivity index is 2.24. The van der Waals surface area contributed by atoms with Gasteiger partial charge in [0.25, 0.3) is 0 Å². The van der Waals surface area contributed by atoms with Gasteiger partial charge in [-0.1, -0.05) is 23.9 Å². The number of aromatic nitrogens is 4. The van der Waals surface area contributed by atoms with Crippen molar-refractivity contribution in [1.82, 2.24) is 25.5 Å². The van der Waals surface area contributed by atoms with Crippen LogP contribution in [-0.4, -0.2) is 37.9 Å². The maximum Gasteiger partial charge on any atom is 0.418 e. The molecule has 0 spiro atoms. The van der Waals surface area contributed by atoms with E-state index in [0.717, 1.165) is 22.5 Å². The third-order valence-corrected chi connectivity index (χ3v) is 3.58. The topological polar surface area (TPSA) is 72.7 Å². The van der Waals surface area contributed by atoms with Gasteiger partial charge < -0.3 is 5.32 Å². The van der Waals surface area contributed by atoms with Crippen LogP contribution in [0.15, 0.2) is 29.4 Å². The Kier molecular flexibility index (Phi) is 5.24. The van der Waals surface area contributed by atoms with Crippen molar-refractivity contribution >= 4 is 17.7 Å². The minimum Gasteiger partial charge on any atom is -0.353 e. The summed E-state index contributed by atoms with van der Waals surface area (Å²) in [7, 11) is 0. The molecule has 1 N–H and O–H groups in total. The number of halogens is 3. The zero-order valence-electron chi connectivity index (χ0n) is 12.3. The van der Waals surface area contributed by atoms with Crippen molar-refractivity contribution in [3.63, 3.8) is 0 Å². The number of carbonyl (C=O) groups is 1. The highest BCUT2D eigenvalue weighted by atomic mass is 32.2. The zero-order chi connectivity index (χ0) is 17.0. The zero-order valence-corrected chi connectivity index (χ0v) is 13.1. The van der Waals surface area contributed by atoms with Crippen molar-refractivity contribution in [2.24, 2.45) is 0 Å². The Morgan fingerprint density at radius 1 is 1.35 bits per heavy atom. The molecule has 23 heavy (non-hydrogen) atoms. The summed E-state index contributed by atoms with van der Waals surface area (Å²) in [6, 6.07) is 4.96. The second kappa shape index (κ2) is 6.99. The van der Waals surface area contributed by atoms with Gasteiger partial charge in [0.2, 0.25) is 11.1 Å². The number of thioether (sulfide) groups is 1. The Bertz CT molecular complexity index is 686. The lowest BCUT2D eigenvalue weighted by Gasteiger charge is -2.13. The van der Waals surface area contributed by atoms with Crippen molar-refractivity contribution in [2.75, 3.05) is 5.75 Å². The normalized spacial score (nSPS) is 11.7. The van der Waals surface area contributed by atoms with Gasteiger partial charge in [-0.25, -0.2) is 0 Å². The summed E-state index contributed by atoms with van der Waals surface area (Å²) in [6.07, 6.45) is -4.53. The molecule has 2 rings (SSSR count). The van der Waals surface area contributed by atoms with E-state index < -0.39 is 11.7 Å². The summed E-state index contributed by atoms with van der Waals surface area (Å²) < 4.78 is 40.2. The molecular weight excluding hydrogens is 331 g/mol. The molecule has 124 valence electrons. The van der Waals surface area contributed by atoms with Gasteiger partial charge in [0.05, 0.1) is 17.0 Å². The third-order valence-electron chi connectivity index (χ3n) is 2.66. The predicted molar refractivity (Wildman–Crippen MR) is 78.2 cm³/mol. The van der Waals surface area contributed by atoms with Gasteiger partial charge in [0, 0.05) is 6.04 Å². The van der Waals surface area contributed by atoms with Crippen LogP contribution in [0.3, 0.4) is 0 Å². The van der Waals surface area contributed by atoms with Crippen molar-refractivity contribution in [3.8, 4) is 5.69 Å². The highest BCUT2D eigenvalue weighted by molar-refractivity contribution is 7.99. The number of nitrogens with zero attached hydrogens (tertiary/aromatic N) is 4. The van der Waals surface area contributed by atoms with Crippen LogP contribution in [0.2, 0.25) is 0 Å². The molecule has 0 saturated carbocycles. The van der Waals surface area contributed by atoms with Gasteiger partial charge in [-0.3, -0.25) is 4.79 Å². The fourth-order valence-corrected chi connectivity index (χ4v) is 2.51. The predicted octanol–water partition coefficient (Wildman–Crippen LogP) is 2.30. The number of hydrogen-bond donors (Lipinski definition) is 1. The van der Waals surface area contributed by atoms with Crippen LogP contribution in [0.25, 0.3) is 5.69 Å². The summed E-state index contributed by atoms with van der Waals surface area (Å²) in [4.78, 5) is 11.6. The summed E-state index contributed by atoms with van der Waals surface area (Å²) in [5.41, 5.74) is -1.03. The highest BCUT2D eigenvalue weighted by Crippen LogP contribution is 2.34. The number of alkyl halides is 3. The fourth-order valence-electron chi connectivity index (χ4n) is 1.81. The van der Waals surface area contributed by atoms with E-state index in [2.05, 4.69) is 20.8 Å². The first kappa shape index (κ1) is 17.3. The number of tetrazole rings is 1. The number of nitrogens with one attached hydrogen (secondary N) is 1. The fraction of sp³-hybridized carbons (Fsp3) is 0.385. The van der Waals surface area contributed by atoms with Crippen LogP contribution < -0.4 is 5.32 Å². The Morgan fingerprint density at radius 2 is 2.04 bits per heavy atom. The van der Waals surface area contributed by atoms with Gasteiger partial charge in [0.15, 0.2) is 0 Å². The average Bonchev–Trinajstić information content (AvgIpc) is 2.92. The van der Waals surface area contributed by atoms with Crippen LogP contribution in [0.5, 0.6) is 0 Å². The van der Waals surface area contributed by atoms with Gasteiger partial charge in [0.1, 0.15) is 0 Å². The molecule has 0 saturated heterocycles. The number of amides is 1. The lowest BCUT2D eigenvalue weighted by Crippen LogP contribution is -2.31. The molecule has 10 heteroatoms. The summed E-state index contributed by atoms with van der Waals surface area (Å²) in [6.45, 7) is 3.62. The van der Waals surface area contributed by atoms with Crippen molar-refractivity contribution in [1.29, 1.82) is 0 Å². The monoisotopic (exact) mass is 345 g/mol. The first-order chi connectivity index (χ1) is 10.8. The minimum absolute atomic E-state index is 0.00668. The molecule has 2 aromatic rings. The van der Waals surface area contributed by atoms with E-state index in [1.165, 1.54) is 18.2 Å². The number of carbonyl (C=O) groups excluding carboxylic acids is 1. The molecule has 0 aliphatic carbocycles. The molecule has 0 radical (unpaired) electrons. The maximum atomic E-state index is 13.1. The molecule has 1 aromatic heterocycles. The van der Waals surface area contributed by atoms with Gasteiger partial charge >= 0.3 is 6.18 Å².